The summed E-state index contributed by atoms with van der Waals surface area (Å²) in [7, 11) is 0. The minimum atomic E-state index is -2.66. The monoisotopic (exact) mass is 161 g/mol. The molecular weight excluding hydrogens is 152 g/mol. The standard InChI is InChI=1S/C7H9F2NO/c8-7(9)11-6-5-10-3-1-2-4-10/h1-4,7H,5-6H2. The third kappa shape index (κ3) is 3.13. The normalized spacial score (nSPS) is 10.8. The largest absolute Gasteiger partial charge is 0.352 e. The molecule has 0 saturated carbocycles. The molecule has 1 heterocycles. The number of rotatable bonds is 4. The van der Waals surface area contributed by atoms with Gasteiger partial charge in [-0.25, -0.2) is 0 Å². The molecule has 0 saturated heterocycles. The third-order valence-corrected chi connectivity index (χ3v) is 1.26. The van der Waals surface area contributed by atoms with Crippen molar-refractivity contribution in [3.05, 3.63) is 24.5 Å². The first kappa shape index (κ1) is 8.20. The smallest absolute Gasteiger partial charge is 0.345 e. The van der Waals surface area contributed by atoms with Crippen molar-refractivity contribution in [2.45, 2.75) is 13.2 Å². The Hall–Kier alpha value is -0.900. The van der Waals surface area contributed by atoms with Crippen molar-refractivity contribution in [3.63, 3.8) is 0 Å². The van der Waals surface area contributed by atoms with Crippen LogP contribution in [0.5, 0.6) is 0 Å². The molecule has 0 aliphatic heterocycles. The molecule has 1 aromatic rings. The van der Waals surface area contributed by atoms with E-state index in [4.69, 9.17) is 0 Å². The number of halogens is 2. The lowest BCUT2D eigenvalue weighted by Crippen LogP contribution is -2.07. The summed E-state index contributed by atoms with van der Waals surface area (Å²) in [6.45, 7) is -2.14. The minimum Gasteiger partial charge on any atom is -0.352 e. The van der Waals surface area contributed by atoms with Gasteiger partial charge in [-0.05, 0) is 12.1 Å². The van der Waals surface area contributed by atoms with Gasteiger partial charge < -0.3 is 9.30 Å². The summed E-state index contributed by atoms with van der Waals surface area (Å²) in [5, 5.41) is 0. The highest BCUT2D eigenvalue weighted by Gasteiger charge is 1.99. The van der Waals surface area contributed by atoms with Crippen LogP contribution in [0, 0.1) is 0 Å². The molecule has 0 atom stereocenters. The fraction of sp³-hybridized carbons (Fsp3) is 0.429. The highest BCUT2D eigenvalue weighted by atomic mass is 19.3. The van der Waals surface area contributed by atoms with Gasteiger partial charge in [0.05, 0.1) is 6.61 Å². The van der Waals surface area contributed by atoms with Crippen LogP contribution in [0.2, 0.25) is 0 Å². The van der Waals surface area contributed by atoms with Crippen molar-refractivity contribution in [2.75, 3.05) is 6.61 Å². The number of aromatic nitrogens is 1. The Bertz CT molecular complexity index is 186. The maximum absolute atomic E-state index is 11.4. The number of alkyl halides is 2. The van der Waals surface area contributed by atoms with Crippen LogP contribution in [0.4, 0.5) is 8.78 Å². The maximum atomic E-state index is 11.4. The van der Waals surface area contributed by atoms with Gasteiger partial charge in [-0.1, -0.05) is 0 Å². The van der Waals surface area contributed by atoms with E-state index in [1.807, 2.05) is 12.1 Å². The molecule has 62 valence electrons. The first-order valence-electron chi connectivity index (χ1n) is 3.29. The summed E-state index contributed by atoms with van der Waals surface area (Å²) < 4.78 is 28.7. The molecule has 1 aromatic heterocycles. The zero-order chi connectivity index (χ0) is 8.10. The van der Waals surface area contributed by atoms with Gasteiger partial charge in [0, 0.05) is 18.9 Å². The quantitative estimate of drug-likeness (QED) is 0.655. The van der Waals surface area contributed by atoms with Crippen molar-refractivity contribution in [1.82, 2.24) is 4.57 Å². The Morgan fingerprint density at radius 2 is 1.91 bits per heavy atom. The Morgan fingerprint density at radius 1 is 1.27 bits per heavy atom. The van der Waals surface area contributed by atoms with Crippen LogP contribution < -0.4 is 0 Å². The number of nitrogens with zero attached hydrogens (tertiary/aromatic N) is 1. The summed E-state index contributed by atoms with van der Waals surface area (Å²) in [5.74, 6) is 0. The zero-order valence-corrected chi connectivity index (χ0v) is 5.91. The molecule has 1 rings (SSSR count). The van der Waals surface area contributed by atoms with Gasteiger partial charge in [0.1, 0.15) is 0 Å². The minimum absolute atomic E-state index is 0.0480. The van der Waals surface area contributed by atoms with Gasteiger partial charge in [-0.2, -0.15) is 8.78 Å². The average Bonchev–Trinajstić information content (AvgIpc) is 2.39. The molecule has 11 heavy (non-hydrogen) atoms. The lowest BCUT2D eigenvalue weighted by Gasteiger charge is -2.02. The van der Waals surface area contributed by atoms with Gasteiger partial charge in [0.2, 0.25) is 0 Å². The molecule has 2 nitrogen and oxygen atoms in total. The van der Waals surface area contributed by atoms with E-state index in [1.54, 1.807) is 17.0 Å². The lowest BCUT2D eigenvalue weighted by atomic mass is 10.7. The van der Waals surface area contributed by atoms with Gasteiger partial charge in [-0.3, -0.25) is 0 Å². The molecule has 0 aliphatic carbocycles. The summed E-state index contributed by atoms with van der Waals surface area (Å²) in [6, 6.07) is 3.67. The van der Waals surface area contributed by atoms with Crippen LogP contribution in [-0.2, 0) is 11.3 Å². The van der Waals surface area contributed by atoms with E-state index < -0.39 is 6.61 Å². The summed E-state index contributed by atoms with van der Waals surface area (Å²) in [5.41, 5.74) is 0. The predicted octanol–water partition coefficient (Wildman–Crippen LogP) is 1.73. The van der Waals surface area contributed by atoms with E-state index in [2.05, 4.69) is 4.74 Å². The van der Waals surface area contributed by atoms with Crippen molar-refractivity contribution < 1.29 is 13.5 Å². The molecular formula is C7H9F2NO. The van der Waals surface area contributed by atoms with Crippen LogP contribution in [-0.4, -0.2) is 17.8 Å². The topological polar surface area (TPSA) is 14.2 Å². The summed E-state index contributed by atoms with van der Waals surface area (Å²) >= 11 is 0. The Balaban J connectivity index is 2.14. The summed E-state index contributed by atoms with van der Waals surface area (Å²) in [6.07, 6.45) is 3.60. The van der Waals surface area contributed by atoms with E-state index in [1.165, 1.54) is 0 Å². The molecule has 0 aromatic carbocycles. The van der Waals surface area contributed by atoms with Crippen LogP contribution >= 0.6 is 0 Å². The second-order valence-electron chi connectivity index (χ2n) is 2.05. The van der Waals surface area contributed by atoms with Gasteiger partial charge in [0.15, 0.2) is 0 Å². The lowest BCUT2D eigenvalue weighted by molar-refractivity contribution is -0.130. The van der Waals surface area contributed by atoms with Crippen molar-refractivity contribution in [2.24, 2.45) is 0 Å². The third-order valence-electron chi connectivity index (χ3n) is 1.26. The molecule has 0 N–H and O–H groups in total. The van der Waals surface area contributed by atoms with E-state index in [-0.39, 0.29) is 6.61 Å². The van der Waals surface area contributed by atoms with Crippen molar-refractivity contribution in [3.8, 4) is 0 Å². The molecule has 0 amide bonds. The number of hydrogen-bond acceptors (Lipinski definition) is 1. The number of hydrogen-bond donors (Lipinski definition) is 0. The fourth-order valence-electron chi connectivity index (χ4n) is 0.766. The number of ether oxygens (including phenoxy) is 1. The van der Waals surface area contributed by atoms with Crippen LogP contribution in [0.15, 0.2) is 24.5 Å². The zero-order valence-electron chi connectivity index (χ0n) is 5.91. The van der Waals surface area contributed by atoms with Crippen LogP contribution in [0.25, 0.3) is 0 Å². The Morgan fingerprint density at radius 3 is 2.45 bits per heavy atom. The first-order valence-corrected chi connectivity index (χ1v) is 3.29. The van der Waals surface area contributed by atoms with Crippen LogP contribution in [0.3, 0.4) is 0 Å². The molecule has 0 unspecified atom stereocenters. The second-order valence-corrected chi connectivity index (χ2v) is 2.05. The molecule has 4 heteroatoms. The first-order chi connectivity index (χ1) is 5.29. The highest BCUT2D eigenvalue weighted by Crippen LogP contribution is 1.95. The van der Waals surface area contributed by atoms with E-state index >= 15 is 0 Å². The Kier molecular flexibility index (Phi) is 3.04. The molecule has 0 radical (unpaired) electrons. The summed E-state index contributed by atoms with van der Waals surface area (Å²) in [4.78, 5) is 0. The molecule has 0 aliphatic rings. The van der Waals surface area contributed by atoms with Gasteiger partial charge >= 0.3 is 6.61 Å². The average molecular weight is 161 g/mol. The fourth-order valence-corrected chi connectivity index (χ4v) is 0.766. The van der Waals surface area contributed by atoms with E-state index in [0.717, 1.165) is 0 Å². The second kappa shape index (κ2) is 4.08. The van der Waals surface area contributed by atoms with Gasteiger partial charge in [0.25, 0.3) is 0 Å². The highest BCUT2D eigenvalue weighted by molar-refractivity contribution is 4.89. The van der Waals surface area contributed by atoms with Crippen LogP contribution in [0.1, 0.15) is 0 Å². The Labute approximate surface area is 63.4 Å². The van der Waals surface area contributed by atoms with Crippen molar-refractivity contribution >= 4 is 0 Å². The maximum Gasteiger partial charge on any atom is 0.345 e. The molecule has 0 fully saturated rings. The predicted molar refractivity (Wildman–Crippen MR) is 36.4 cm³/mol. The van der Waals surface area contributed by atoms with E-state index in [0.29, 0.717) is 6.54 Å². The molecule has 0 bridgehead atoms. The SMILES string of the molecule is FC(F)OCCn1cccc1. The van der Waals surface area contributed by atoms with Gasteiger partial charge in [-0.15, -0.1) is 0 Å². The van der Waals surface area contributed by atoms with Crippen molar-refractivity contribution in [1.29, 1.82) is 0 Å². The molecule has 0 spiro atoms. The van der Waals surface area contributed by atoms with E-state index in [9.17, 15) is 8.78 Å².